The highest BCUT2D eigenvalue weighted by Gasteiger charge is 2.28. The van der Waals surface area contributed by atoms with Crippen LogP contribution in [0.4, 0.5) is 5.69 Å². The van der Waals surface area contributed by atoms with E-state index in [2.05, 4.69) is 38.4 Å². The van der Waals surface area contributed by atoms with E-state index in [0.717, 1.165) is 17.4 Å². The fraction of sp³-hybridized carbons (Fsp3) is 0.250. The SMILES string of the molecule is c1csc([C@@H]2CCCN2c2ccnc3ccncc23)c1. The maximum atomic E-state index is 4.44. The van der Waals surface area contributed by atoms with Gasteiger partial charge in [-0.1, -0.05) is 6.07 Å². The van der Waals surface area contributed by atoms with Gasteiger partial charge in [0.1, 0.15) is 0 Å². The molecular formula is C16H15N3S. The number of aromatic nitrogens is 2. The van der Waals surface area contributed by atoms with Crippen molar-refractivity contribution in [3.8, 4) is 0 Å². The lowest BCUT2D eigenvalue weighted by molar-refractivity contribution is 0.735. The molecule has 0 aliphatic carbocycles. The van der Waals surface area contributed by atoms with Crippen LogP contribution < -0.4 is 4.90 Å². The summed E-state index contributed by atoms with van der Waals surface area (Å²) in [6, 6.07) is 8.99. The molecule has 4 heteroatoms. The molecule has 100 valence electrons. The Morgan fingerprint density at radius 2 is 2.20 bits per heavy atom. The van der Waals surface area contributed by atoms with Crippen LogP contribution in [0.25, 0.3) is 10.9 Å². The highest BCUT2D eigenvalue weighted by Crippen LogP contribution is 2.40. The summed E-state index contributed by atoms with van der Waals surface area (Å²) >= 11 is 1.85. The molecule has 4 rings (SSSR count). The van der Waals surface area contributed by atoms with Crippen LogP contribution in [0, 0.1) is 0 Å². The Kier molecular flexibility index (Phi) is 2.89. The van der Waals surface area contributed by atoms with E-state index in [1.165, 1.54) is 23.4 Å². The Morgan fingerprint density at radius 3 is 3.10 bits per heavy atom. The summed E-state index contributed by atoms with van der Waals surface area (Å²) in [5, 5.41) is 3.32. The highest BCUT2D eigenvalue weighted by molar-refractivity contribution is 7.10. The van der Waals surface area contributed by atoms with Gasteiger partial charge in [0.25, 0.3) is 0 Å². The van der Waals surface area contributed by atoms with Crippen LogP contribution in [0.3, 0.4) is 0 Å². The second-order valence-electron chi connectivity index (χ2n) is 5.09. The number of hydrogen-bond acceptors (Lipinski definition) is 4. The van der Waals surface area contributed by atoms with Gasteiger partial charge < -0.3 is 4.90 Å². The number of fused-ring (bicyclic) bond motifs is 1. The van der Waals surface area contributed by atoms with E-state index in [4.69, 9.17) is 0 Å². The molecule has 3 aromatic heterocycles. The molecule has 1 fully saturated rings. The molecular weight excluding hydrogens is 266 g/mol. The average molecular weight is 281 g/mol. The van der Waals surface area contributed by atoms with Gasteiger partial charge in [-0.2, -0.15) is 0 Å². The number of pyridine rings is 2. The molecule has 0 amide bonds. The third-order valence-corrected chi connectivity index (χ3v) is 4.93. The van der Waals surface area contributed by atoms with Crippen molar-refractivity contribution < 1.29 is 0 Å². The molecule has 0 aromatic carbocycles. The standard InChI is InChI=1S/C16H15N3S/c1-3-15(16-4-2-10-20-16)19(9-1)14-6-8-18-13-5-7-17-11-12(13)14/h2,4-8,10-11,15H,1,3,9H2/t15-/m0/s1. The summed E-state index contributed by atoms with van der Waals surface area (Å²) in [4.78, 5) is 12.7. The number of hydrogen-bond donors (Lipinski definition) is 0. The summed E-state index contributed by atoms with van der Waals surface area (Å²) in [5.74, 6) is 0. The fourth-order valence-electron chi connectivity index (χ4n) is 3.06. The summed E-state index contributed by atoms with van der Waals surface area (Å²) in [6.07, 6.45) is 8.11. The van der Waals surface area contributed by atoms with Gasteiger partial charge in [0.2, 0.25) is 0 Å². The van der Waals surface area contributed by atoms with Crippen molar-refractivity contribution in [1.82, 2.24) is 9.97 Å². The molecule has 4 heterocycles. The fourth-order valence-corrected chi connectivity index (χ4v) is 3.93. The molecule has 0 spiro atoms. The van der Waals surface area contributed by atoms with Crippen molar-refractivity contribution in [2.75, 3.05) is 11.4 Å². The highest BCUT2D eigenvalue weighted by atomic mass is 32.1. The number of nitrogens with zero attached hydrogens (tertiary/aromatic N) is 3. The molecule has 1 atom stereocenters. The Balaban J connectivity index is 1.82. The van der Waals surface area contributed by atoms with Gasteiger partial charge in [0.15, 0.2) is 0 Å². The van der Waals surface area contributed by atoms with Crippen molar-refractivity contribution in [2.24, 2.45) is 0 Å². The van der Waals surface area contributed by atoms with Crippen molar-refractivity contribution >= 4 is 27.9 Å². The number of thiophene rings is 1. The molecule has 0 bridgehead atoms. The van der Waals surface area contributed by atoms with Gasteiger partial charge in [0.05, 0.1) is 11.6 Å². The van der Waals surface area contributed by atoms with Gasteiger partial charge >= 0.3 is 0 Å². The summed E-state index contributed by atoms with van der Waals surface area (Å²) in [6.45, 7) is 1.11. The zero-order chi connectivity index (χ0) is 13.4. The van der Waals surface area contributed by atoms with E-state index in [1.54, 1.807) is 6.20 Å². The van der Waals surface area contributed by atoms with Crippen molar-refractivity contribution in [3.63, 3.8) is 0 Å². The molecule has 3 nitrogen and oxygen atoms in total. The first-order chi connectivity index (χ1) is 9.93. The monoisotopic (exact) mass is 281 g/mol. The van der Waals surface area contributed by atoms with Crippen LogP contribution in [-0.4, -0.2) is 16.5 Å². The van der Waals surface area contributed by atoms with Crippen molar-refractivity contribution in [2.45, 2.75) is 18.9 Å². The molecule has 20 heavy (non-hydrogen) atoms. The quantitative estimate of drug-likeness (QED) is 0.710. The van der Waals surface area contributed by atoms with Crippen LogP contribution >= 0.6 is 11.3 Å². The van der Waals surface area contributed by atoms with Gasteiger partial charge in [-0.15, -0.1) is 11.3 Å². The van der Waals surface area contributed by atoms with E-state index >= 15 is 0 Å². The second-order valence-corrected chi connectivity index (χ2v) is 6.07. The Morgan fingerprint density at radius 1 is 1.20 bits per heavy atom. The zero-order valence-electron chi connectivity index (χ0n) is 11.1. The van der Waals surface area contributed by atoms with Gasteiger partial charge in [-0.25, -0.2) is 0 Å². The molecule has 1 aliphatic rings. The summed E-state index contributed by atoms with van der Waals surface area (Å²) < 4.78 is 0. The van der Waals surface area contributed by atoms with E-state index in [9.17, 15) is 0 Å². The normalized spacial score (nSPS) is 18.8. The third-order valence-electron chi connectivity index (χ3n) is 3.95. The first kappa shape index (κ1) is 11.9. The molecule has 1 aliphatic heterocycles. The first-order valence-corrected chi connectivity index (χ1v) is 7.80. The number of anilines is 1. The minimum absolute atomic E-state index is 0.501. The minimum Gasteiger partial charge on any atom is -0.363 e. The lowest BCUT2D eigenvalue weighted by Crippen LogP contribution is -2.22. The Labute approximate surface area is 121 Å². The largest absolute Gasteiger partial charge is 0.363 e. The topological polar surface area (TPSA) is 29.0 Å². The van der Waals surface area contributed by atoms with Crippen LogP contribution in [0.2, 0.25) is 0 Å². The minimum atomic E-state index is 0.501. The molecule has 0 radical (unpaired) electrons. The van der Waals surface area contributed by atoms with Gasteiger partial charge in [0, 0.05) is 41.1 Å². The first-order valence-electron chi connectivity index (χ1n) is 6.92. The van der Waals surface area contributed by atoms with Crippen molar-refractivity contribution in [3.05, 3.63) is 53.1 Å². The molecule has 1 saturated heterocycles. The lowest BCUT2D eigenvalue weighted by Gasteiger charge is -2.27. The predicted molar refractivity (Wildman–Crippen MR) is 83.2 cm³/mol. The molecule has 3 aromatic rings. The zero-order valence-corrected chi connectivity index (χ0v) is 11.9. The Bertz CT molecular complexity index is 718. The Hall–Kier alpha value is -1.94. The van der Waals surface area contributed by atoms with Gasteiger partial charge in [-0.3, -0.25) is 9.97 Å². The molecule has 0 unspecified atom stereocenters. The average Bonchev–Trinajstić information content (AvgIpc) is 3.17. The second kappa shape index (κ2) is 4.87. The van der Waals surface area contributed by atoms with Crippen LogP contribution in [0.1, 0.15) is 23.8 Å². The molecule has 0 N–H and O–H groups in total. The van der Waals surface area contributed by atoms with E-state index in [-0.39, 0.29) is 0 Å². The van der Waals surface area contributed by atoms with E-state index < -0.39 is 0 Å². The van der Waals surface area contributed by atoms with Crippen LogP contribution in [-0.2, 0) is 0 Å². The van der Waals surface area contributed by atoms with E-state index in [0.29, 0.717) is 6.04 Å². The maximum Gasteiger partial charge on any atom is 0.0753 e. The smallest absolute Gasteiger partial charge is 0.0753 e. The third kappa shape index (κ3) is 1.88. The van der Waals surface area contributed by atoms with Gasteiger partial charge in [-0.05, 0) is 36.4 Å². The van der Waals surface area contributed by atoms with Crippen LogP contribution in [0.5, 0.6) is 0 Å². The maximum absolute atomic E-state index is 4.44. The van der Waals surface area contributed by atoms with Crippen molar-refractivity contribution in [1.29, 1.82) is 0 Å². The summed E-state index contributed by atoms with van der Waals surface area (Å²) in [7, 11) is 0. The lowest BCUT2D eigenvalue weighted by atomic mass is 10.1. The molecule has 0 saturated carbocycles. The predicted octanol–water partition coefficient (Wildman–Crippen LogP) is 4.03. The summed E-state index contributed by atoms with van der Waals surface area (Å²) in [5.41, 5.74) is 2.29. The number of rotatable bonds is 2. The van der Waals surface area contributed by atoms with E-state index in [1.807, 2.05) is 29.8 Å². The van der Waals surface area contributed by atoms with Crippen LogP contribution in [0.15, 0.2) is 48.2 Å².